The van der Waals surface area contributed by atoms with Crippen LogP contribution in [0.25, 0.3) is 0 Å². The number of halogens is 2. The molecule has 1 unspecified atom stereocenters. The minimum absolute atomic E-state index is 0.360. The first kappa shape index (κ1) is 11.2. The van der Waals surface area contributed by atoms with E-state index in [1.807, 2.05) is 0 Å². The lowest BCUT2D eigenvalue weighted by molar-refractivity contribution is -0.145. The van der Waals surface area contributed by atoms with Crippen molar-refractivity contribution in [1.29, 1.82) is 0 Å². The predicted molar refractivity (Wildman–Crippen MR) is 54.3 cm³/mol. The van der Waals surface area contributed by atoms with Crippen LogP contribution in [0.1, 0.15) is 25.5 Å². The van der Waals surface area contributed by atoms with Gasteiger partial charge in [-0.15, -0.1) is 0 Å². The van der Waals surface area contributed by atoms with Crippen LogP contribution in [0.2, 0.25) is 0 Å². The van der Waals surface area contributed by atoms with Gasteiger partial charge >= 0.3 is 5.97 Å². The molecule has 2 nitrogen and oxygen atoms in total. The quantitative estimate of drug-likeness (QED) is 0.764. The van der Waals surface area contributed by atoms with Gasteiger partial charge in [0, 0.05) is 6.92 Å². The van der Waals surface area contributed by atoms with Gasteiger partial charge in [-0.1, -0.05) is 6.07 Å². The van der Waals surface area contributed by atoms with Gasteiger partial charge in [-0.25, -0.2) is 4.39 Å². The van der Waals surface area contributed by atoms with Crippen LogP contribution in [-0.2, 0) is 9.53 Å². The van der Waals surface area contributed by atoms with Gasteiger partial charge in [0.25, 0.3) is 0 Å². The van der Waals surface area contributed by atoms with Crippen LogP contribution < -0.4 is 0 Å². The van der Waals surface area contributed by atoms with Crippen molar-refractivity contribution in [3.8, 4) is 0 Å². The lowest BCUT2D eigenvalue weighted by atomic mass is 10.1. The first-order valence-electron chi connectivity index (χ1n) is 4.13. The fourth-order valence-electron chi connectivity index (χ4n) is 1.08. The first-order chi connectivity index (χ1) is 6.50. The molecule has 0 aromatic heterocycles. The van der Waals surface area contributed by atoms with Crippen molar-refractivity contribution in [1.82, 2.24) is 0 Å². The van der Waals surface area contributed by atoms with Gasteiger partial charge in [0.1, 0.15) is 11.9 Å². The van der Waals surface area contributed by atoms with E-state index in [9.17, 15) is 9.18 Å². The fourth-order valence-corrected chi connectivity index (χ4v) is 1.33. The second-order valence-corrected chi connectivity index (χ2v) is 3.78. The van der Waals surface area contributed by atoms with E-state index in [-0.39, 0.29) is 11.8 Å². The molecule has 0 saturated carbocycles. The highest BCUT2D eigenvalue weighted by Gasteiger charge is 2.10. The van der Waals surface area contributed by atoms with E-state index < -0.39 is 6.10 Å². The third-order valence-electron chi connectivity index (χ3n) is 1.76. The Labute approximate surface area is 90.2 Å². The number of carbonyl (C=O) groups excluding carboxylic acids is 1. The molecule has 14 heavy (non-hydrogen) atoms. The molecule has 4 heteroatoms. The highest BCUT2D eigenvalue weighted by molar-refractivity contribution is 9.10. The van der Waals surface area contributed by atoms with Crippen LogP contribution in [0.5, 0.6) is 0 Å². The van der Waals surface area contributed by atoms with Gasteiger partial charge in [-0.05, 0) is 40.5 Å². The molecule has 0 saturated heterocycles. The number of esters is 1. The molecule has 0 aliphatic rings. The molecular formula is C10H10BrFO2. The van der Waals surface area contributed by atoms with E-state index in [2.05, 4.69) is 15.9 Å². The summed E-state index contributed by atoms with van der Waals surface area (Å²) in [5.74, 6) is -0.734. The zero-order chi connectivity index (χ0) is 10.7. The van der Waals surface area contributed by atoms with Crippen LogP contribution >= 0.6 is 15.9 Å². The van der Waals surface area contributed by atoms with Crippen LogP contribution in [0.4, 0.5) is 4.39 Å². The molecule has 0 radical (unpaired) electrons. The van der Waals surface area contributed by atoms with Crippen molar-refractivity contribution in [2.45, 2.75) is 20.0 Å². The van der Waals surface area contributed by atoms with Crippen LogP contribution in [0, 0.1) is 5.82 Å². The molecule has 0 spiro atoms. The molecular weight excluding hydrogens is 251 g/mol. The van der Waals surface area contributed by atoms with E-state index in [4.69, 9.17) is 4.74 Å². The molecule has 1 atom stereocenters. The summed E-state index contributed by atoms with van der Waals surface area (Å²) in [7, 11) is 0. The number of carbonyl (C=O) groups is 1. The summed E-state index contributed by atoms with van der Waals surface area (Å²) in [4.78, 5) is 10.7. The maximum Gasteiger partial charge on any atom is 0.303 e. The Morgan fingerprint density at radius 3 is 2.71 bits per heavy atom. The minimum Gasteiger partial charge on any atom is -0.458 e. The topological polar surface area (TPSA) is 26.3 Å². The lowest BCUT2D eigenvalue weighted by Gasteiger charge is -2.12. The van der Waals surface area contributed by atoms with Gasteiger partial charge in [0.15, 0.2) is 0 Å². The Kier molecular flexibility index (Phi) is 3.63. The molecule has 1 rings (SSSR count). The van der Waals surface area contributed by atoms with Crippen molar-refractivity contribution in [2.24, 2.45) is 0 Å². The van der Waals surface area contributed by atoms with Crippen molar-refractivity contribution in [2.75, 3.05) is 0 Å². The van der Waals surface area contributed by atoms with Gasteiger partial charge in [0.2, 0.25) is 0 Å². The Morgan fingerprint density at radius 2 is 2.21 bits per heavy atom. The van der Waals surface area contributed by atoms with Crippen LogP contribution in [0.3, 0.4) is 0 Å². The average Bonchev–Trinajstić information content (AvgIpc) is 2.08. The van der Waals surface area contributed by atoms with Crippen LogP contribution in [-0.4, -0.2) is 5.97 Å². The zero-order valence-corrected chi connectivity index (χ0v) is 9.47. The molecule has 0 fully saturated rings. The summed E-state index contributed by atoms with van der Waals surface area (Å²) in [5.41, 5.74) is 0.640. The van der Waals surface area contributed by atoms with Gasteiger partial charge in [0.05, 0.1) is 4.47 Å². The maximum absolute atomic E-state index is 13.1. The van der Waals surface area contributed by atoms with Crippen molar-refractivity contribution in [3.05, 3.63) is 34.1 Å². The van der Waals surface area contributed by atoms with E-state index in [0.717, 1.165) is 0 Å². The van der Waals surface area contributed by atoms with E-state index in [0.29, 0.717) is 10.0 Å². The van der Waals surface area contributed by atoms with Crippen molar-refractivity contribution < 1.29 is 13.9 Å². The number of hydrogen-bond acceptors (Lipinski definition) is 2. The second kappa shape index (κ2) is 4.55. The Morgan fingerprint density at radius 1 is 1.57 bits per heavy atom. The van der Waals surface area contributed by atoms with Crippen LogP contribution in [0.15, 0.2) is 22.7 Å². The molecule has 1 aromatic rings. The Balaban J connectivity index is 2.85. The lowest BCUT2D eigenvalue weighted by Crippen LogP contribution is -2.05. The smallest absolute Gasteiger partial charge is 0.303 e. The van der Waals surface area contributed by atoms with Crippen molar-refractivity contribution in [3.63, 3.8) is 0 Å². The zero-order valence-electron chi connectivity index (χ0n) is 7.88. The predicted octanol–water partition coefficient (Wildman–Crippen LogP) is 3.21. The summed E-state index contributed by atoms with van der Waals surface area (Å²) < 4.78 is 18.4. The molecule has 0 aliphatic heterocycles. The standard InChI is InChI=1S/C10H10BrFO2/c1-6(14-7(2)13)8-3-4-9(11)10(12)5-8/h3-6H,1-2H3. The summed E-state index contributed by atoms with van der Waals surface area (Å²) in [6, 6.07) is 4.64. The SMILES string of the molecule is CC(=O)OC(C)c1ccc(Br)c(F)c1. The molecule has 76 valence electrons. The number of rotatable bonds is 2. The van der Waals surface area contributed by atoms with E-state index in [1.165, 1.54) is 13.0 Å². The summed E-state index contributed by atoms with van der Waals surface area (Å²) >= 11 is 3.05. The second-order valence-electron chi connectivity index (χ2n) is 2.93. The molecule has 1 aromatic carbocycles. The molecule has 0 amide bonds. The highest BCUT2D eigenvalue weighted by Crippen LogP contribution is 2.22. The number of hydrogen-bond donors (Lipinski definition) is 0. The largest absolute Gasteiger partial charge is 0.458 e. The van der Waals surface area contributed by atoms with Gasteiger partial charge in [-0.2, -0.15) is 0 Å². The minimum atomic E-state index is -0.421. The molecule has 0 aliphatic carbocycles. The maximum atomic E-state index is 13.1. The van der Waals surface area contributed by atoms with Crippen molar-refractivity contribution >= 4 is 21.9 Å². The molecule has 0 N–H and O–H groups in total. The normalized spacial score (nSPS) is 12.3. The fraction of sp³-hybridized carbons (Fsp3) is 0.300. The third-order valence-corrected chi connectivity index (χ3v) is 2.40. The molecule has 0 heterocycles. The summed E-state index contributed by atoms with van der Waals surface area (Å²) in [6.07, 6.45) is -0.421. The Hall–Kier alpha value is -0.900. The molecule has 0 bridgehead atoms. The number of benzene rings is 1. The number of ether oxygens (including phenoxy) is 1. The van der Waals surface area contributed by atoms with E-state index in [1.54, 1.807) is 19.1 Å². The highest BCUT2D eigenvalue weighted by atomic mass is 79.9. The first-order valence-corrected chi connectivity index (χ1v) is 4.92. The van der Waals surface area contributed by atoms with Gasteiger partial charge in [-0.3, -0.25) is 4.79 Å². The third kappa shape index (κ3) is 2.80. The monoisotopic (exact) mass is 260 g/mol. The van der Waals surface area contributed by atoms with E-state index >= 15 is 0 Å². The Bertz CT molecular complexity index is 352. The summed E-state index contributed by atoms with van der Waals surface area (Å²) in [5, 5.41) is 0. The average molecular weight is 261 g/mol. The summed E-state index contributed by atoms with van der Waals surface area (Å²) in [6.45, 7) is 3.02. The van der Waals surface area contributed by atoms with Gasteiger partial charge < -0.3 is 4.74 Å².